The van der Waals surface area contributed by atoms with Gasteiger partial charge in [-0.3, -0.25) is 4.79 Å². The topological polar surface area (TPSA) is 44.8 Å². The zero-order chi connectivity index (χ0) is 17.5. The van der Waals surface area contributed by atoms with Gasteiger partial charge in [0.1, 0.15) is 13.9 Å². The highest BCUT2D eigenvalue weighted by atomic mass is 35.5. The molecule has 4 nitrogen and oxygen atoms in total. The van der Waals surface area contributed by atoms with E-state index in [1.165, 1.54) is 0 Å². The smallest absolute Gasteiger partial charge is 0.217 e. The number of hydrogen-bond acceptors (Lipinski definition) is 4. The monoisotopic (exact) mass is 366 g/mol. The molecule has 2 aromatic rings. The van der Waals surface area contributed by atoms with Gasteiger partial charge in [-0.2, -0.15) is 0 Å². The van der Waals surface area contributed by atoms with Crippen LogP contribution in [0, 0.1) is 6.92 Å². The summed E-state index contributed by atoms with van der Waals surface area (Å²) in [5.41, 5.74) is 1.25. The molecule has 1 unspecified atom stereocenters. The fourth-order valence-electron chi connectivity index (χ4n) is 2.18. The average molecular weight is 367 g/mol. The van der Waals surface area contributed by atoms with Crippen LogP contribution in [-0.2, 0) is 9.26 Å². The summed E-state index contributed by atoms with van der Waals surface area (Å²) in [5.74, 6) is 0.729. The molecule has 0 radical (unpaired) electrons. The number of methoxy groups -OCH3 is 2. The molecule has 0 bridgehead atoms. The lowest BCUT2D eigenvalue weighted by Crippen LogP contribution is -2.14. The van der Waals surface area contributed by atoms with Crippen molar-refractivity contribution in [3.63, 3.8) is 0 Å². The van der Waals surface area contributed by atoms with Gasteiger partial charge in [-0.1, -0.05) is 23.7 Å². The highest BCUT2D eigenvalue weighted by molar-refractivity contribution is 7.78. The Bertz CT molecular complexity index is 668. The summed E-state index contributed by atoms with van der Waals surface area (Å²) in [4.78, 5) is 13.1. The molecule has 128 valence electrons. The SMILES string of the molecule is COCCOP(C(=O)c1c(C)cccc1Cl)c1ccc(OC)cc1. The molecule has 0 aliphatic heterocycles. The third kappa shape index (κ3) is 4.55. The lowest BCUT2D eigenvalue weighted by atomic mass is 10.1. The van der Waals surface area contributed by atoms with Crippen molar-refractivity contribution in [1.29, 1.82) is 0 Å². The molecule has 6 heteroatoms. The van der Waals surface area contributed by atoms with Gasteiger partial charge in [-0.05, 0) is 42.8 Å². The van der Waals surface area contributed by atoms with E-state index in [1.54, 1.807) is 20.3 Å². The summed E-state index contributed by atoms with van der Waals surface area (Å²) >= 11 is 6.25. The Kier molecular flexibility index (Phi) is 7.19. The van der Waals surface area contributed by atoms with Crippen LogP contribution >= 0.6 is 19.7 Å². The maximum atomic E-state index is 13.1. The van der Waals surface area contributed by atoms with Gasteiger partial charge in [-0.15, -0.1) is 0 Å². The average Bonchev–Trinajstić information content (AvgIpc) is 2.59. The third-order valence-corrected chi connectivity index (χ3v) is 5.55. The lowest BCUT2D eigenvalue weighted by Gasteiger charge is -2.18. The van der Waals surface area contributed by atoms with Crippen molar-refractivity contribution in [3.05, 3.63) is 58.6 Å². The van der Waals surface area contributed by atoms with E-state index in [0.717, 1.165) is 16.6 Å². The van der Waals surface area contributed by atoms with Gasteiger partial charge in [0.2, 0.25) is 5.52 Å². The van der Waals surface area contributed by atoms with Crippen LogP contribution in [0.5, 0.6) is 5.75 Å². The predicted molar refractivity (Wildman–Crippen MR) is 97.9 cm³/mol. The van der Waals surface area contributed by atoms with E-state index >= 15 is 0 Å². The van der Waals surface area contributed by atoms with Crippen molar-refractivity contribution in [2.75, 3.05) is 27.4 Å². The molecule has 0 aromatic heterocycles. The molecule has 0 heterocycles. The predicted octanol–water partition coefficient (Wildman–Crippen LogP) is 4.18. The summed E-state index contributed by atoms with van der Waals surface area (Å²) in [6.07, 6.45) is 0. The van der Waals surface area contributed by atoms with Crippen molar-refractivity contribution >= 4 is 30.6 Å². The third-order valence-electron chi connectivity index (χ3n) is 3.44. The Labute approximate surface area is 148 Å². The maximum absolute atomic E-state index is 13.1. The van der Waals surface area contributed by atoms with Crippen molar-refractivity contribution in [2.45, 2.75) is 6.92 Å². The van der Waals surface area contributed by atoms with Crippen LogP contribution in [0.4, 0.5) is 0 Å². The quantitative estimate of drug-likeness (QED) is 0.519. The van der Waals surface area contributed by atoms with Gasteiger partial charge in [0, 0.05) is 18.0 Å². The van der Waals surface area contributed by atoms with Gasteiger partial charge in [0.05, 0.1) is 25.3 Å². The van der Waals surface area contributed by atoms with E-state index in [-0.39, 0.29) is 5.52 Å². The van der Waals surface area contributed by atoms with Crippen LogP contribution in [0.2, 0.25) is 5.02 Å². The molecule has 2 rings (SSSR count). The number of carbonyl (C=O) groups is 1. The Morgan fingerprint density at radius 3 is 2.38 bits per heavy atom. The van der Waals surface area contributed by atoms with Crippen LogP contribution in [0.25, 0.3) is 0 Å². The van der Waals surface area contributed by atoms with Crippen molar-refractivity contribution in [3.8, 4) is 5.75 Å². The van der Waals surface area contributed by atoms with Crippen molar-refractivity contribution in [2.24, 2.45) is 0 Å². The molecule has 0 aliphatic rings. The summed E-state index contributed by atoms with van der Waals surface area (Å²) < 4.78 is 16.1. The fraction of sp³-hybridized carbons (Fsp3) is 0.278. The second kappa shape index (κ2) is 9.14. The molecular formula is C18H20ClO4P. The second-order valence-corrected chi connectivity index (χ2v) is 7.23. The molecule has 1 atom stereocenters. The molecule has 0 spiro atoms. The molecule has 0 saturated heterocycles. The van der Waals surface area contributed by atoms with E-state index < -0.39 is 8.15 Å². The highest BCUT2D eigenvalue weighted by Gasteiger charge is 2.26. The van der Waals surface area contributed by atoms with Gasteiger partial charge in [0.15, 0.2) is 0 Å². The van der Waals surface area contributed by atoms with Crippen molar-refractivity contribution in [1.82, 2.24) is 0 Å². The minimum absolute atomic E-state index is 0.102. The first-order chi connectivity index (χ1) is 11.6. The standard InChI is InChI=1S/C18H20ClO4P/c1-13-5-4-6-16(19)17(13)18(20)24(23-12-11-21-2)15-9-7-14(22-3)8-10-15/h4-10H,11-12H2,1-3H3. The summed E-state index contributed by atoms with van der Waals surface area (Å²) in [6.45, 7) is 2.63. The van der Waals surface area contributed by atoms with Crippen LogP contribution in [-0.4, -0.2) is 33.0 Å². The van der Waals surface area contributed by atoms with Gasteiger partial charge in [-0.25, -0.2) is 0 Å². The number of benzene rings is 2. The Morgan fingerprint density at radius 2 is 1.79 bits per heavy atom. The Hall–Kier alpha value is -1.45. The van der Waals surface area contributed by atoms with E-state index in [2.05, 4.69) is 0 Å². The number of carbonyl (C=O) groups excluding carboxylic acids is 1. The largest absolute Gasteiger partial charge is 0.497 e. The van der Waals surface area contributed by atoms with Gasteiger partial charge >= 0.3 is 0 Å². The number of halogens is 1. The summed E-state index contributed by atoms with van der Waals surface area (Å²) in [6, 6.07) is 12.8. The molecule has 2 aromatic carbocycles. The molecule has 0 N–H and O–H groups in total. The first-order valence-corrected chi connectivity index (χ1v) is 9.07. The maximum Gasteiger partial charge on any atom is 0.217 e. The van der Waals surface area contributed by atoms with Gasteiger partial charge < -0.3 is 14.0 Å². The van der Waals surface area contributed by atoms with E-state index in [4.69, 9.17) is 25.6 Å². The highest BCUT2D eigenvalue weighted by Crippen LogP contribution is 2.42. The second-order valence-electron chi connectivity index (χ2n) is 5.06. The molecule has 0 aliphatic carbocycles. The normalized spacial score (nSPS) is 12.0. The minimum Gasteiger partial charge on any atom is -0.497 e. The van der Waals surface area contributed by atoms with Crippen LogP contribution < -0.4 is 10.0 Å². The Morgan fingerprint density at radius 1 is 1.08 bits per heavy atom. The molecule has 0 amide bonds. The Balaban J connectivity index is 2.35. The number of aryl methyl sites for hydroxylation is 1. The van der Waals surface area contributed by atoms with E-state index in [0.29, 0.717) is 23.8 Å². The van der Waals surface area contributed by atoms with E-state index in [9.17, 15) is 4.79 Å². The van der Waals surface area contributed by atoms with Crippen LogP contribution in [0.15, 0.2) is 42.5 Å². The number of ether oxygens (including phenoxy) is 2. The van der Waals surface area contributed by atoms with Crippen LogP contribution in [0.1, 0.15) is 15.9 Å². The fourth-order valence-corrected chi connectivity index (χ4v) is 4.24. The molecular weight excluding hydrogens is 347 g/mol. The summed E-state index contributed by atoms with van der Waals surface area (Å²) in [5, 5.41) is 1.25. The zero-order valence-corrected chi connectivity index (χ0v) is 15.6. The number of rotatable bonds is 8. The summed E-state index contributed by atoms with van der Waals surface area (Å²) in [7, 11) is 1.69. The number of hydrogen-bond donors (Lipinski definition) is 0. The van der Waals surface area contributed by atoms with Crippen molar-refractivity contribution < 1.29 is 18.8 Å². The first kappa shape index (κ1) is 18.9. The molecule has 24 heavy (non-hydrogen) atoms. The minimum atomic E-state index is -1.51. The van der Waals surface area contributed by atoms with E-state index in [1.807, 2.05) is 43.3 Å². The molecule has 0 fully saturated rings. The lowest BCUT2D eigenvalue weighted by molar-refractivity contribution is 0.105. The van der Waals surface area contributed by atoms with Crippen LogP contribution in [0.3, 0.4) is 0 Å². The molecule has 0 saturated carbocycles. The first-order valence-electron chi connectivity index (χ1n) is 7.44. The van der Waals surface area contributed by atoms with Gasteiger partial charge in [0.25, 0.3) is 0 Å². The zero-order valence-electron chi connectivity index (χ0n) is 13.9.